The van der Waals surface area contributed by atoms with E-state index in [1.54, 1.807) is 24.3 Å². The van der Waals surface area contributed by atoms with E-state index in [-0.39, 0.29) is 43.0 Å². The Morgan fingerprint density at radius 3 is 2.29 bits per heavy atom. The van der Waals surface area contributed by atoms with Gasteiger partial charge in [-0.3, -0.25) is 14.5 Å². The largest absolute Gasteiger partial charge is 0.494 e. The van der Waals surface area contributed by atoms with E-state index in [9.17, 15) is 18.0 Å². The first-order valence-electron chi connectivity index (χ1n) is 10.2. The Hall–Kier alpha value is -2.91. The molecule has 1 aliphatic rings. The van der Waals surface area contributed by atoms with Gasteiger partial charge in [-0.25, -0.2) is 8.42 Å². The molecule has 1 unspecified atom stereocenters. The number of hydrogen-bond acceptors (Lipinski definition) is 6. The molecule has 2 aromatic rings. The van der Waals surface area contributed by atoms with E-state index < -0.39 is 15.9 Å². The molecule has 1 heterocycles. The fourth-order valence-electron chi connectivity index (χ4n) is 3.42. The summed E-state index contributed by atoms with van der Waals surface area (Å²) >= 11 is 0. The third-order valence-electron chi connectivity index (χ3n) is 4.98. The van der Waals surface area contributed by atoms with Crippen LogP contribution < -0.4 is 15.4 Å². The van der Waals surface area contributed by atoms with Crippen LogP contribution in [-0.4, -0.2) is 62.9 Å². The van der Waals surface area contributed by atoms with Crippen LogP contribution >= 0.6 is 0 Å². The van der Waals surface area contributed by atoms with Crippen molar-refractivity contribution < 1.29 is 22.7 Å². The average Bonchev–Trinajstić information content (AvgIpc) is 2.76. The minimum Gasteiger partial charge on any atom is -0.494 e. The number of carbonyl (C=O) groups excluding carboxylic acids is 2. The monoisotopic (exact) mass is 445 g/mol. The number of benzene rings is 2. The number of nitrogens with zero attached hydrogens (tertiary/aromatic N) is 1. The lowest BCUT2D eigenvalue weighted by atomic mass is 10.0. The molecule has 0 aromatic heterocycles. The van der Waals surface area contributed by atoms with Gasteiger partial charge in [-0.15, -0.1) is 0 Å². The first kappa shape index (κ1) is 22.8. The zero-order valence-electron chi connectivity index (χ0n) is 17.4. The van der Waals surface area contributed by atoms with E-state index in [0.717, 1.165) is 5.56 Å². The van der Waals surface area contributed by atoms with Gasteiger partial charge in [-0.1, -0.05) is 30.3 Å². The standard InChI is InChI=1S/C22H27N3O5S/c1-2-30-19-10-8-18(9-11-19)24-20(26)16-23-22(27)21(17-6-4-3-5-7-17)25-12-14-31(28,29)15-13-25/h3-11,21H,2,12-16H2,1H3,(H,23,27)(H,24,26). The highest BCUT2D eigenvalue weighted by Gasteiger charge is 2.32. The van der Waals surface area contributed by atoms with E-state index in [0.29, 0.717) is 18.0 Å². The molecule has 3 rings (SSSR count). The summed E-state index contributed by atoms with van der Waals surface area (Å²) in [6, 6.07) is 15.5. The molecule has 2 amide bonds. The number of carbonyl (C=O) groups is 2. The Labute approximate surface area is 182 Å². The fourth-order valence-corrected chi connectivity index (χ4v) is 4.65. The summed E-state index contributed by atoms with van der Waals surface area (Å²) in [5.74, 6) is 0.0462. The van der Waals surface area contributed by atoms with Crippen molar-refractivity contribution in [2.75, 3.05) is 43.1 Å². The van der Waals surface area contributed by atoms with Gasteiger partial charge in [0.15, 0.2) is 9.84 Å². The summed E-state index contributed by atoms with van der Waals surface area (Å²) in [7, 11) is -3.07. The van der Waals surface area contributed by atoms with E-state index in [4.69, 9.17) is 4.74 Å². The number of amides is 2. The molecule has 0 saturated carbocycles. The van der Waals surface area contributed by atoms with E-state index in [2.05, 4.69) is 10.6 Å². The van der Waals surface area contributed by atoms with Crippen LogP contribution in [0.1, 0.15) is 18.5 Å². The number of rotatable bonds is 8. The van der Waals surface area contributed by atoms with Crippen LogP contribution in [-0.2, 0) is 19.4 Å². The number of nitrogens with one attached hydrogen (secondary N) is 2. The molecule has 0 radical (unpaired) electrons. The predicted molar refractivity (Wildman–Crippen MR) is 119 cm³/mol. The van der Waals surface area contributed by atoms with Gasteiger partial charge in [0.25, 0.3) is 0 Å². The number of anilines is 1. The van der Waals surface area contributed by atoms with Gasteiger partial charge in [0.05, 0.1) is 24.7 Å². The van der Waals surface area contributed by atoms with Gasteiger partial charge in [0, 0.05) is 18.8 Å². The number of sulfone groups is 1. The maximum Gasteiger partial charge on any atom is 0.243 e. The molecule has 0 aliphatic carbocycles. The quantitative estimate of drug-likeness (QED) is 0.640. The summed E-state index contributed by atoms with van der Waals surface area (Å²) < 4.78 is 28.9. The molecule has 0 bridgehead atoms. The topological polar surface area (TPSA) is 105 Å². The summed E-state index contributed by atoms with van der Waals surface area (Å²) in [6.07, 6.45) is 0. The van der Waals surface area contributed by atoms with Gasteiger partial charge in [-0.2, -0.15) is 0 Å². The Morgan fingerprint density at radius 1 is 1.03 bits per heavy atom. The van der Waals surface area contributed by atoms with Gasteiger partial charge < -0.3 is 15.4 Å². The SMILES string of the molecule is CCOc1ccc(NC(=O)CNC(=O)C(c2ccccc2)N2CCS(=O)(=O)CC2)cc1. The van der Waals surface area contributed by atoms with Crippen LogP contribution in [0.25, 0.3) is 0 Å². The first-order chi connectivity index (χ1) is 14.9. The van der Waals surface area contributed by atoms with Crippen molar-refractivity contribution in [2.45, 2.75) is 13.0 Å². The zero-order valence-corrected chi connectivity index (χ0v) is 18.2. The summed E-state index contributed by atoms with van der Waals surface area (Å²) in [6.45, 7) is 2.80. The maximum absolute atomic E-state index is 13.0. The van der Waals surface area contributed by atoms with Crippen molar-refractivity contribution in [3.8, 4) is 5.75 Å². The van der Waals surface area contributed by atoms with Gasteiger partial charge in [0.1, 0.15) is 11.8 Å². The first-order valence-corrected chi connectivity index (χ1v) is 12.0. The molecule has 1 fully saturated rings. The van der Waals surface area contributed by atoms with Crippen LogP contribution in [0.3, 0.4) is 0 Å². The Balaban J connectivity index is 1.61. The second-order valence-corrected chi connectivity index (χ2v) is 9.53. The molecule has 0 spiro atoms. The van der Waals surface area contributed by atoms with Crippen LogP contribution in [0.15, 0.2) is 54.6 Å². The van der Waals surface area contributed by atoms with E-state index in [1.165, 1.54) is 0 Å². The van der Waals surface area contributed by atoms with Crippen molar-refractivity contribution in [1.82, 2.24) is 10.2 Å². The highest BCUT2D eigenvalue weighted by atomic mass is 32.2. The molecule has 166 valence electrons. The summed E-state index contributed by atoms with van der Waals surface area (Å²) in [5, 5.41) is 5.42. The van der Waals surface area contributed by atoms with Crippen molar-refractivity contribution >= 4 is 27.3 Å². The zero-order chi connectivity index (χ0) is 22.3. The Bertz CT molecular complexity index is 980. The number of hydrogen-bond donors (Lipinski definition) is 2. The maximum atomic E-state index is 13.0. The minimum absolute atomic E-state index is 0.0157. The third kappa shape index (κ3) is 6.53. The van der Waals surface area contributed by atoms with Crippen LogP contribution in [0, 0.1) is 0 Å². The number of ether oxygens (including phenoxy) is 1. The van der Waals surface area contributed by atoms with Crippen LogP contribution in [0.5, 0.6) is 5.75 Å². The highest BCUT2D eigenvalue weighted by molar-refractivity contribution is 7.91. The van der Waals surface area contributed by atoms with Gasteiger partial charge in [-0.05, 0) is 36.8 Å². The molecular weight excluding hydrogens is 418 g/mol. The second-order valence-electron chi connectivity index (χ2n) is 7.22. The lowest BCUT2D eigenvalue weighted by Gasteiger charge is -2.33. The molecule has 9 heteroatoms. The minimum atomic E-state index is -3.07. The third-order valence-corrected chi connectivity index (χ3v) is 6.59. The summed E-state index contributed by atoms with van der Waals surface area (Å²) in [4.78, 5) is 27.1. The van der Waals surface area contributed by atoms with E-state index in [1.807, 2.05) is 42.2 Å². The van der Waals surface area contributed by atoms with Crippen molar-refractivity contribution in [1.29, 1.82) is 0 Å². The fraction of sp³-hybridized carbons (Fsp3) is 0.364. The average molecular weight is 446 g/mol. The molecule has 1 saturated heterocycles. The molecular formula is C22H27N3O5S. The van der Waals surface area contributed by atoms with Crippen molar-refractivity contribution in [3.05, 3.63) is 60.2 Å². The van der Waals surface area contributed by atoms with E-state index >= 15 is 0 Å². The predicted octanol–water partition coefficient (Wildman–Crippen LogP) is 1.61. The highest BCUT2D eigenvalue weighted by Crippen LogP contribution is 2.23. The van der Waals surface area contributed by atoms with Gasteiger partial charge in [0.2, 0.25) is 11.8 Å². The van der Waals surface area contributed by atoms with Crippen molar-refractivity contribution in [3.63, 3.8) is 0 Å². The Kier molecular flexibility index (Phi) is 7.64. The molecule has 2 aromatic carbocycles. The molecule has 2 N–H and O–H groups in total. The smallest absolute Gasteiger partial charge is 0.243 e. The lowest BCUT2D eigenvalue weighted by Crippen LogP contribution is -2.48. The lowest BCUT2D eigenvalue weighted by molar-refractivity contribution is -0.128. The molecule has 31 heavy (non-hydrogen) atoms. The van der Waals surface area contributed by atoms with Crippen LogP contribution in [0.4, 0.5) is 5.69 Å². The second kappa shape index (κ2) is 10.4. The molecule has 1 atom stereocenters. The molecule has 1 aliphatic heterocycles. The van der Waals surface area contributed by atoms with Crippen LogP contribution in [0.2, 0.25) is 0 Å². The van der Waals surface area contributed by atoms with Gasteiger partial charge >= 0.3 is 0 Å². The van der Waals surface area contributed by atoms with Crippen molar-refractivity contribution in [2.24, 2.45) is 0 Å². The normalized spacial score (nSPS) is 16.8. The summed E-state index contributed by atoms with van der Waals surface area (Å²) in [5.41, 5.74) is 1.36. The molecule has 8 nitrogen and oxygen atoms in total. The Morgan fingerprint density at radius 2 is 1.68 bits per heavy atom.